The summed E-state index contributed by atoms with van der Waals surface area (Å²) in [6, 6.07) is 16.7. The average Bonchev–Trinajstić information content (AvgIpc) is 3.23. The van der Waals surface area contributed by atoms with Crippen LogP contribution in [0.1, 0.15) is 24.5 Å². The molecule has 1 amide bonds. The lowest BCUT2D eigenvalue weighted by atomic mass is 10.2. The number of amides is 1. The Kier molecular flexibility index (Phi) is 8.41. The fourth-order valence-corrected chi connectivity index (χ4v) is 3.70. The maximum absolute atomic E-state index is 12.8. The molecule has 0 fully saturated rings. The molecule has 9 heteroatoms. The van der Waals surface area contributed by atoms with E-state index in [1.165, 1.54) is 11.8 Å². The molecule has 1 heterocycles. The highest BCUT2D eigenvalue weighted by molar-refractivity contribution is 7.99. The van der Waals surface area contributed by atoms with E-state index in [1.807, 2.05) is 49.4 Å². The quantitative estimate of drug-likeness (QED) is 0.333. The van der Waals surface area contributed by atoms with Crippen molar-refractivity contribution in [2.75, 3.05) is 24.3 Å². The molecule has 0 saturated heterocycles. The third-order valence-corrected chi connectivity index (χ3v) is 5.86. The molecule has 0 bridgehead atoms. The summed E-state index contributed by atoms with van der Waals surface area (Å²) in [4.78, 5) is 29.3. The molecule has 1 unspecified atom stereocenters. The number of anilines is 1. The number of carbonyl (C=O) groups is 2. The number of aromatic nitrogens is 3. The van der Waals surface area contributed by atoms with Crippen molar-refractivity contribution in [1.29, 1.82) is 0 Å². The summed E-state index contributed by atoms with van der Waals surface area (Å²) in [6.45, 7) is 4.99. The van der Waals surface area contributed by atoms with Crippen LogP contribution in [0, 0.1) is 5.92 Å². The Bertz CT molecular complexity index is 1040. The largest absolute Gasteiger partial charge is 0.481 e. The van der Waals surface area contributed by atoms with E-state index in [0.717, 1.165) is 10.5 Å². The number of carbonyl (C=O) groups excluding carboxylic acids is 1. The number of rotatable bonds is 11. The Morgan fingerprint density at radius 2 is 1.88 bits per heavy atom. The van der Waals surface area contributed by atoms with E-state index >= 15 is 0 Å². The topological polar surface area (TPSA) is 106 Å². The number of hydrogen-bond acceptors (Lipinski definition) is 6. The van der Waals surface area contributed by atoms with Crippen molar-refractivity contribution < 1.29 is 19.4 Å². The van der Waals surface area contributed by atoms with Gasteiger partial charge in [-0.25, -0.2) is 9.67 Å². The lowest BCUT2D eigenvalue weighted by Gasteiger charge is -2.07. The zero-order valence-electron chi connectivity index (χ0n) is 18.0. The molecule has 0 spiro atoms. The van der Waals surface area contributed by atoms with E-state index in [-0.39, 0.29) is 11.7 Å². The van der Waals surface area contributed by atoms with Crippen LogP contribution >= 0.6 is 11.8 Å². The van der Waals surface area contributed by atoms with E-state index in [4.69, 9.17) is 9.84 Å². The summed E-state index contributed by atoms with van der Waals surface area (Å²) in [6.07, 6.45) is 0. The molecule has 0 aliphatic carbocycles. The van der Waals surface area contributed by atoms with Crippen LogP contribution in [0.3, 0.4) is 0 Å². The van der Waals surface area contributed by atoms with Crippen LogP contribution in [0.4, 0.5) is 5.69 Å². The maximum Gasteiger partial charge on any atom is 0.307 e. The first kappa shape index (κ1) is 23.5. The van der Waals surface area contributed by atoms with Gasteiger partial charge >= 0.3 is 5.97 Å². The number of thioether (sulfide) groups is 1. The normalized spacial score (nSPS) is 11.8. The van der Waals surface area contributed by atoms with Crippen LogP contribution in [-0.4, -0.2) is 50.7 Å². The summed E-state index contributed by atoms with van der Waals surface area (Å²) < 4.78 is 6.98. The molecule has 1 aromatic heterocycles. The van der Waals surface area contributed by atoms with Crippen molar-refractivity contribution >= 4 is 29.3 Å². The van der Waals surface area contributed by atoms with Crippen LogP contribution in [0.25, 0.3) is 11.4 Å². The molecular weight excluding hydrogens is 428 g/mol. The van der Waals surface area contributed by atoms with E-state index in [1.54, 1.807) is 23.7 Å². The Labute approximate surface area is 191 Å². The second-order valence-electron chi connectivity index (χ2n) is 7.07. The molecule has 8 nitrogen and oxygen atoms in total. The van der Waals surface area contributed by atoms with Gasteiger partial charge in [0.1, 0.15) is 0 Å². The van der Waals surface area contributed by atoms with Crippen molar-refractivity contribution in [3.8, 4) is 11.4 Å². The number of carboxylic acid groups (broad SMARTS) is 1. The van der Waals surface area contributed by atoms with Crippen LogP contribution in [0.5, 0.6) is 0 Å². The predicted octanol–water partition coefficient (Wildman–Crippen LogP) is 4.05. The fraction of sp³-hybridized carbons (Fsp3) is 0.304. The number of nitrogens with one attached hydrogen (secondary N) is 1. The van der Waals surface area contributed by atoms with Gasteiger partial charge in [0.2, 0.25) is 5.82 Å². The van der Waals surface area contributed by atoms with Crippen molar-refractivity contribution in [3.63, 3.8) is 0 Å². The Morgan fingerprint density at radius 3 is 2.53 bits per heavy atom. The van der Waals surface area contributed by atoms with Gasteiger partial charge in [-0.15, -0.1) is 11.8 Å². The maximum atomic E-state index is 12.8. The molecule has 0 saturated carbocycles. The minimum absolute atomic E-state index is 0.206. The first-order chi connectivity index (χ1) is 15.5. The van der Waals surface area contributed by atoms with E-state index in [2.05, 4.69) is 15.4 Å². The second-order valence-corrected chi connectivity index (χ2v) is 8.17. The first-order valence-corrected chi connectivity index (χ1v) is 11.3. The molecular formula is C23H26N4O4S. The molecule has 168 valence electrons. The zero-order chi connectivity index (χ0) is 22.9. The Balaban J connectivity index is 1.77. The summed E-state index contributed by atoms with van der Waals surface area (Å²) in [5.41, 5.74) is 1.44. The average molecular weight is 455 g/mol. The number of carboxylic acids is 1. The van der Waals surface area contributed by atoms with Gasteiger partial charge in [-0.2, -0.15) is 5.10 Å². The number of para-hydroxylation sites is 1. The highest BCUT2D eigenvalue weighted by Crippen LogP contribution is 2.24. The third kappa shape index (κ3) is 6.41. The van der Waals surface area contributed by atoms with E-state index in [9.17, 15) is 9.59 Å². The van der Waals surface area contributed by atoms with Crippen LogP contribution in [-0.2, 0) is 16.1 Å². The Hall–Kier alpha value is -3.17. The van der Waals surface area contributed by atoms with E-state index < -0.39 is 11.9 Å². The summed E-state index contributed by atoms with van der Waals surface area (Å²) in [7, 11) is 0. The predicted molar refractivity (Wildman–Crippen MR) is 124 cm³/mol. The number of nitrogens with zero attached hydrogens (tertiary/aromatic N) is 3. The smallest absolute Gasteiger partial charge is 0.307 e. The lowest BCUT2D eigenvalue weighted by molar-refractivity contribution is -0.140. The second kappa shape index (κ2) is 11.4. The van der Waals surface area contributed by atoms with Crippen molar-refractivity contribution in [1.82, 2.24) is 14.8 Å². The van der Waals surface area contributed by atoms with E-state index in [0.29, 0.717) is 37.0 Å². The molecule has 32 heavy (non-hydrogen) atoms. The number of aliphatic carboxylic acids is 1. The molecule has 0 aliphatic rings. The summed E-state index contributed by atoms with van der Waals surface area (Å²) >= 11 is 1.48. The third-order valence-electron chi connectivity index (χ3n) is 4.59. The lowest BCUT2D eigenvalue weighted by Crippen LogP contribution is -2.20. The fourth-order valence-electron chi connectivity index (χ4n) is 2.78. The Morgan fingerprint density at radius 1 is 1.16 bits per heavy atom. The number of hydrogen-bond donors (Lipinski definition) is 2. The zero-order valence-corrected chi connectivity index (χ0v) is 18.8. The van der Waals surface area contributed by atoms with Gasteiger partial charge in [0.15, 0.2) is 5.82 Å². The van der Waals surface area contributed by atoms with Crippen molar-refractivity contribution in [3.05, 3.63) is 60.4 Å². The molecule has 3 rings (SSSR count). The molecule has 0 aliphatic heterocycles. The van der Waals surface area contributed by atoms with Gasteiger partial charge in [0, 0.05) is 28.5 Å². The van der Waals surface area contributed by atoms with Crippen molar-refractivity contribution in [2.24, 2.45) is 5.92 Å². The van der Waals surface area contributed by atoms with Gasteiger partial charge in [-0.05, 0) is 31.2 Å². The minimum atomic E-state index is -0.808. The van der Waals surface area contributed by atoms with Gasteiger partial charge in [-0.1, -0.05) is 37.3 Å². The molecule has 2 aromatic carbocycles. The molecule has 2 N–H and O–H groups in total. The standard InChI is InChI=1S/C23H26N4O4S/c1-3-31-14-13-27-21(22(28)24-18-7-5-4-6-8-18)25-20(26-27)17-9-11-19(12-10-17)32-15-16(2)23(29)30/h4-12,16H,3,13-15H2,1-2H3,(H,24,28)(H,29,30). The SMILES string of the molecule is CCOCCn1nc(-c2ccc(SCC(C)C(=O)O)cc2)nc1C(=O)Nc1ccccc1. The molecule has 0 radical (unpaired) electrons. The van der Waals surface area contributed by atoms with Crippen LogP contribution in [0.2, 0.25) is 0 Å². The van der Waals surface area contributed by atoms with Gasteiger partial charge < -0.3 is 15.2 Å². The number of ether oxygens (including phenoxy) is 1. The first-order valence-electron chi connectivity index (χ1n) is 10.3. The molecule has 1 atom stereocenters. The van der Waals surface area contributed by atoms with Crippen LogP contribution in [0.15, 0.2) is 59.5 Å². The highest BCUT2D eigenvalue weighted by Gasteiger charge is 2.19. The summed E-state index contributed by atoms with van der Waals surface area (Å²) in [5, 5.41) is 16.4. The summed E-state index contributed by atoms with van der Waals surface area (Å²) in [5.74, 6) is -0.443. The van der Waals surface area contributed by atoms with Gasteiger partial charge in [-0.3, -0.25) is 9.59 Å². The minimum Gasteiger partial charge on any atom is -0.481 e. The number of benzene rings is 2. The van der Waals surface area contributed by atoms with Crippen molar-refractivity contribution in [2.45, 2.75) is 25.3 Å². The monoisotopic (exact) mass is 454 g/mol. The highest BCUT2D eigenvalue weighted by atomic mass is 32.2. The van der Waals surface area contributed by atoms with Crippen LogP contribution < -0.4 is 5.32 Å². The molecule has 3 aromatic rings. The van der Waals surface area contributed by atoms with Gasteiger partial charge in [0.05, 0.1) is 19.1 Å². The van der Waals surface area contributed by atoms with Gasteiger partial charge in [0.25, 0.3) is 5.91 Å².